The van der Waals surface area contributed by atoms with E-state index >= 15 is 0 Å². The van der Waals surface area contributed by atoms with Crippen LogP contribution in [0.4, 0.5) is 4.39 Å². The monoisotopic (exact) mass is 466 g/mol. The molecule has 3 aromatic rings. The lowest BCUT2D eigenvalue weighted by molar-refractivity contribution is -0.133. The van der Waals surface area contributed by atoms with Crippen molar-refractivity contribution in [1.82, 2.24) is 9.80 Å². The molecule has 2 amide bonds. The second kappa shape index (κ2) is 10.3. The van der Waals surface area contributed by atoms with E-state index in [1.165, 1.54) is 29.2 Å². The molecular formula is C25H23FN2O4S. The molecule has 8 heteroatoms. The largest absolute Gasteiger partial charge is 0.454 e. The van der Waals surface area contributed by atoms with E-state index in [9.17, 15) is 14.0 Å². The molecule has 0 bridgehead atoms. The Morgan fingerprint density at radius 3 is 2.64 bits per heavy atom. The van der Waals surface area contributed by atoms with Gasteiger partial charge < -0.3 is 19.3 Å². The number of thiophene rings is 1. The molecule has 0 fully saturated rings. The van der Waals surface area contributed by atoms with Gasteiger partial charge in [0.25, 0.3) is 5.91 Å². The predicted octanol–water partition coefficient (Wildman–Crippen LogP) is 4.47. The van der Waals surface area contributed by atoms with Crippen LogP contribution in [0.25, 0.3) is 0 Å². The fraction of sp³-hybridized carbons (Fsp3) is 0.200. The van der Waals surface area contributed by atoms with E-state index in [0.29, 0.717) is 24.6 Å². The van der Waals surface area contributed by atoms with Gasteiger partial charge in [-0.15, -0.1) is 17.9 Å². The van der Waals surface area contributed by atoms with Gasteiger partial charge in [0.1, 0.15) is 12.4 Å². The minimum Gasteiger partial charge on any atom is -0.454 e. The average Bonchev–Trinajstić information content (AvgIpc) is 3.49. The molecule has 2 aromatic carbocycles. The maximum atomic E-state index is 13.6. The highest BCUT2D eigenvalue weighted by atomic mass is 32.1. The molecule has 0 N–H and O–H groups in total. The molecule has 0 unspecified atom stereocenters. The Morgan fingerprint density at radius 2 is 1.88 bits per heavy atom. The number of ether oxygens (including phenoxy) is 2. The van der Waals surface area contributed by atoms with E-state index in [-0.39, 0.29) is 31.4 Å². The maximum absolute atomic E-state index is 13.6. The quantitative estimate of drug-likeness (QED) is 0.437. The van der Waals surface area contributed by atoms with Crippen molar-refractivity contribution in [2.45, 2.75) is 13.1 Å². The van der Waals surface area contributed by atoms with E-state index in [1.807, 2.05) is 35.7 Å². The highest BCUT2D eigenvalue weighted by Crippen LogP contribution is 2.33. The van der Waals surface area contributed by atoms with E-state index in [4.69, 9.17) is 9.47 Å². The molecule has 4 rings (SSSR count). The number of amides is 2. The van der Waals surface area contributed by atoms with Crippen LogP contribution in [0.5, 0.6) is 11.5 Å². The normalized spacial score (nSPS) is 11.8. The molecular weight excluding hydrogens is 443 g/mol. The molecule has 6 nitrogen and oxygen atoms in total. The van der Waals surface area contributed by atoms with Gasteiger partial charge in [0, 0.05) is 23.5 Å². The molecule has 33 heavy (non-hydrogen) atoms. The van der Waals surface area contributed by atoms with Crippen LogP contribution in [0, 0.1) is 5.82 Å². The van der Waals surface area contributed by atoms with Crippen molar-refractivity contribution in [3.05, 3.63) is 94.5 Å². The summed E-state index contributed by atoms with van der Waals surface area (Å²) in [5.74, 6) is 0.153. The van der Waals surface area contributed by atoms with Gasteiger partial charge >= 0.3 is 0 Å². The van der Waals surface area contributed by atoms with Gasteiger partial charge in [-0.3, -0.25) is 9.59 Å². The molecule has 0 saturated heterocycles. The van der Waals surface area contributed by atoms with Gasteiger partial charge in [-0.05, 0) is 47.3 Å². The van der Waals surface area contributed by atoms with Crippen LogP contribution < -0.4 is 9.47 Å². The molecule has 1 aromatic heterocycles. The van der Waals surface area contributed by atoms with Gasteiger partial charge in [0.05, 0.1) is 6.54 Å². The lowest BCUT2D eigenvalue weighted by Crippen LogP contribution is -2.42. The van der Waals surface area contributed by atoms with Crippen molar-refractivity contribution in [3.63, 3.8) is 0 Å². The van der Waals surface area contributed by atoms with E-state index in [1.54, 1.807) is 22.3 Å². The Balaban J connectivity index is 1.53. The number of halogens is 1. The molecule has 0 radical (unpaired) electrons. The van der Waals surface area contributed by atoms with E-state index in [0.717, 1.165) is 10.4 Å². The van der Waals surface area contributed by atoms with Crippen LogP contribution in [0.3, 0.4) is 0 Å². The summed E-state index contributed by atoms with van der Waals surface area (Å²) in [5.41, 5.74) is 1.07. The third kappa shape index (κ3) is 5.59. The summed E-state index contributed by atoms with van der Waals surface area (Å²) in [4.78, 5) is 30.4. The number of fused-ring (bicyclic) bond motifs is 1. The van der Waals surface area contributed by atoms with Crippen LogP contribution in [-0.2, 0) is 17.9 Å². The van der Waals surface area contributed by atoms with Crippen LogP contribution in [-0.4, -0.2) is 41.5 Å². The first-order chi connectivity index (χ1) is 16.0. The fourth-order valence-electron chi connectivity index (χ4n) is 3.53. The summed E-state index contributed by atoms with van der Waals surface area (Å²) in [6.07, 6.45) is 1.55. The number of rotatable bonds is 9. The first-order valence-electron chi connectivity index (χ1n) is 10.4. The Kier molecular flexibility index (Phi) is 7.04. The van der Waals surface area contributed by atoms with Crippen molar-refractivity contribution in [2.75, 3.05) is 19.9 Å². The van der Waals surface area contributed by atoms with E-state index < -0.39 is 11.7 Å². The molecule has 1 aliphatic heterocycles. The number of hydrogen-bond acceptors (Lipinski definition) is 5. The van der Waals surface area contributed by atoms with Crippen molar-refractivity contribution in [1.29, 1.82) is 0 Å². The number of carbonyl (C=O) groups excluding carboxylic acids is 2. The Labute approximate surface area is 195 Å². The molecule has 0 spiro atoms. The first-order valence-corrected chi connectivity index (χ1v) is 11.3. The predicted molar refractivity (Wildman–Crippen MR) is 124 cm³/mol. The lowest BCUT2D eigenvalue weighted by Gasteiger charge is -2.27. The smallest absolute Gasteiger partial charge is 0.254 e. The third-order valence-corrected chi connectivity index (χ3v) is 5.99. The summed E-state index contributed by atoms with van der Waals surface area (Å²) in [7, 11) is 0. The van der Waals surface area contributed by atoms with Crippen molar-refractivity contribution >= 4 is 23.2 Å². The Morgan fingerprint density at radius 1 is 1.03 bits per heavy atom. The van der Waals surface area contributed by atoms with Crippen LogP contribution >= 0.6 is 11.3 Å². The second-order valence-corrected chi connectivity index (χ2v) is 8.53. The molecule has 0 atom stereocenters. The molecule has 170 valence electrons. The standard InChI is InChI=1S/C25H23FN2O4S/c1-2-10-27(25(30)19-5-3-6-20(26)13-19)16-24(29)28(15-21-7-4-11-33-21)14-18-8-9-22-23(12-18)32-17-31-22/h2-9,11-13H,1,10,14-17H2. The fourth-order valence-corrected chi connectivity index (χ4v) is 4.24. The molecule has 1 aliphatic rings. The average molecular weight is 467 g/mol. The summed E-state index contributed by atoms with van der Waals surface area (Å²) in [6, 6.07) is 14.9. The van der Waals surface area contributed by atoms with E-state index in [2.05, 4.69) is 6.58 Å². The summed E-state index contributed by atoms with van der Waals surface area (Å²) in [6.45, 7) is 4.62. The lowest BCUT2D eigenvalue weighted by atomic mass is 10.1. The summed E-state index contributed by atoms with van der Waals surface area (Å²) in [5, 5.41) is 1.95. The van der Waals surface area contributed by atoms with Crippen molar-refractivity contribution in [3.8, 4) is 11.5 Å². The summed E-state index contributed by atoms with van der Waals surface area (Å²) >= 11 is 1.56. The van der Waals surface area contributed by atoms with Gasteiger partial charge in [-0.2, -0.15) is 0 Å². The zero-order chi connectivity index (χ0) is 23.2. The maximum Gasteiger partial charge on any atom is 0.254 e. The Bertz CT molecular complexity index is 1150. The minimum absolute atomic E-state index is 0.155. The number of carbonyl (C=O) groups is 2. The van der Waals surface area contributed by atoms with Gasteiger partial charge in [0.15, 0.2) is 11.5 Å². The van der Waals surface area contributed by atoms with Crippen LogP contribution in [0.15, 0.2) is 72.6 Å². The molecule has 0 aliphatic carbocycles. The molecule has 0 saturated carbocycles. The first kappa shape index (κ1) is 22.5. The highest BCUT2D eigenvalue weighted by molar-refractivity contribution is 7.09. The number of benzene rings is 2. The van der Waals surface area contributed by atoms with Gasteiger partial charge in [-0.25, -0.2) is 4.39 Å². The zero-order valence-electron chi connectivity index (χ0n) is 17.9. The zero-order valence-corrected chi connectivity index (χ0v) is 18.7. The van der Waals surface area contributed by atoms with Gasteiger partial charge in [0.2, 0.25) is 12.7 Å². The highest BCUT2D eigenvalue weighted by Gasteiger charge is 2.23. The van der Waals surface area contributed by atoms with Crippen LogP contribution in [0.2, 0.25) is 0 Å². The van der Waals surface area contributed by atoms with Crippen molar-refractivity contribution in [2.24, 2.45) is 0 Å². The topological polar surface area (TPSA) is 59.1 Å². The SMILES string of the molecule is C=CCN(CC(=O)N(Cc1ccc2c(c1)OCO2)Cc1cccs1)C(=O)c1cccc(F)c1. The number of hydrogen-bond donors (Lipinski definition) is 0. The van der Waals surface area contributed by atoms with Crippen molar-refractivity contribution < 1.29 is 23.5 Å². The second-order valence-electron chi connectivity index (χ2n) is 7.50. The summed E-state index contributed by atoms with van der Waals surface area (Å²) < 4.78 is 24.5. The number of nitrogens with zero attached hydrogens (tertiary/aromatic N) is 2. The molecule has 2 heterocycles. The van der Waals surface area contributed by atoms with Crippen LogP contribution in [0.1, 0.15) is 20.8 Å². The van der Waals surface area contributed by atoms with Gasteiger partial charge in [-0.1, -0.05) is 24.3 Å². The third-order valence-electron chi connectivity index (χ3n) is 5.12. The Hall–Kier alpha value is -3.65. The minimum atomic E-state index is -0.507.